The maximum atomic E-state index is 12.3. The van der Waals surface area contributed by atoms with Gasteiger partial charge < -0.3 is 14.9 Å². The number of rotatable bonds is 3. The summed E-state index contributed by atoms with van der Waals surface area (Å²) in [5, 5.41) is 15.6. The number of nitrogens with one attached hydrogen (secondary N) is 1. The van der Waals surface area contributed by atoms with Gasteiger partial charge >= 0.3 is 5.97 Å². The van der Waals surface area contributed by atoms with Gasteiger partial charge in [-0.1, -0.05) is 38.1 Å². The molecule has 1 amide bonds. The summed E-state index contributed by atoms with van der Waals surface area (Å²) in [7, 11) is 0. The van der Waals surface area contributed by atoms with Gasteiger partial charge in [-0.15, -0.1) is 0 Å². The lowest BCUT2D eigenvalue weighted by Gasteiger charge is -2.23. The van der Waals surface area contributed by atoms with Gasteiger partial charge in [0.05, 0.1) is 11.8 Å². The number of anilines is 1. The number of hydrogen-bond acceptors (Lipinski definition) is 4. The van der Waals surface area contributed by atoms with Crippen LogP contribution in [-0.4, -0.2) is 22.1 Å². The Hall–Kier alpha value is -2.11. The van der Waals surface area contributed by atoms with Crippen molar-refractivity contribution in [2.75, 3.05) is 5.32 Å². The van der Waals surface area contributed by atoms with E-state index in [1.165, 1.54) is 0 Å². The number of allylic oxidation sites excluding steroid dienone is 2. The summed E-state index contributed by atoms with van der Waals surface area (Å²) in [6, 6.07) is 1.67. The van der Waals surface area contributed by atoms with Crippen molar-refractivity contribution in [3.05, 3.63) is 24.0 Å². The third-order valence-electron chi connectivity index (χ3n) is 3.59. The maximum Gasteiger partial charge on any atom is 0.307 e. The zero-order chi connectivity index (χ0) is 15.6. The van der Waals surface area contributed by atoms with Crippen LogP contribution >= 0.6 is 0 Å². The number of carbonyl (C=O) groups excluding carboxylic acids is 1. The average molecular weight is 292 g/mol. The quantitative estimate of drug-likeness (QED) is 0.835. The molecule has 0 fully saturated rings. The Bertz CT molecular complexity index is 568. The van der Waals surface area contributed by atoms with Crippen molar-refractivity contribution in [3.63, 3.8) is 0 Å². The van der Waals surface area contributed by atoms with Crippen LogP contribution in [0.4, 0.5) is 5.82 Å². The highest BCUT2D eigenvalue weighted by atomic mass is 16.5. The molecule has 2 rings (SSSR count). The third kappa shape index (κ3) is 3.51. The summed E-state index contributed by atoms with van der Waals surface area (Å²) in [6.45, 7) is 5.93. The van der Waals surface area contributed by atoms with Crippen molar-refractivity contribution in [3.8, 4) is 0 Å². The highest BCUT2D eigenvalue weighted by Crippen LogP contribution is 2.28. The Labute approximate surface area is 123 Å². The largest absolute Gasteiger partial charge is 0.481 e. The van der Waals surface area contributed by atoms with E-state index in [-0.39, 0.29) is 11.3 Å². The Morgan fingerprint density at radius 3 is 2.43 bits per heavy atom. The number of carbonyl (C=O) groups is 2. The molecule has 1 aliphatic rings. The van der Waals surface area contributed by atoms with Gasteiger partial charge in [0.25, 0.3) is 0 Å². The number of nitrogens with zero attached hydrogens (tertiary/aromatic N) is 1. The first kappa shape index (κ1) is 15.3. The van der Waals surface area contributed by atoms with Crippen molar-refractivity contribution in [2.24, 2.45) is 11.8 Å². The number of amides is 1. The molecule has 0 radical (unpaired) electrons. The van der Waals surface area contributed by atoms with E-state index in [2.05, 4.69) is 10.5 Å². The standard InChI is InChI=1S/C15H20N2O4/c1-15(2,3)11-8-12(17-21-11)16-13(18)9-6-4-5-7-10(9)14(19)20/h4-5,8-10H,6-7H2,1-3H3,(H,19,20)(H,16,17,18)/t9-,10+/m0/s1. The van der Waals surface area contributed by atoms with Crippen LogP contribution in [0.3, 0.4) is 0 Å². The zero-order valence-electron chi connectivity index (χ0n) is 12.4. The van der Waals surface area contributed by atoms with Gasteiger partial charge in [-0.05, 0) is 12.8 Å². The minimum absolute atomic E-state index is 0.201. The molecule has 0 unspecified atom stereocenters. The van der Waals surface area contributed by atoms with Crippen LogP contribution < -0.4 is 5.32 Å². The molecule has 114 valence electrons. The molecule has 0 aromatic carbocycles. The van der Waals surface area contributed by atoms with Crippen LogP contribution in [-0.2, 0) is 15.0 Å². The summed E-state index contributed by atoms with van der Waals surface area (Å²) < 4.78 is 5.20. The van der Waals surface area contributed by atoms with Gasteiger partial charge in [0, 0.05) is 11.5 Å². The smallest absolute Gasteiger partial charge is 0.307 e. The van der Waals surface area contributed by atoms with Crippen LogP contribution in [0, 0.1) is 11.8 Å². The van der Waals surface area contributed by atoms with E-state index >= 15 is 0 Å². The molecule has 0 saturated heterocycles. The van der Waals surface area contributed by atoms with E-state index in [0.29, 0.717) is 24.4 Å². The number of hydrogen-bond donors (Lipinski definition) is 2. The van der Waals surface area contributed by atoms with Gasteiger partial charge in [-0.2, -0.15) is 0 Å². The summed E-state index contributed by atoms with van der Waals surface area (Å²) in [4.78, 5) is 23.5. The molecule has 1 aliphatic carbocycles. The summed E-state index contributed by atoms with van der Waals surface area (Å²) >= 11 is 0. The molecule has 1 aromatic heterocycles. The molecule has 0 aliphatic heterocycles. The minimum Gasteiger partial charge on any atom is -0.481 e. The second-order valence-electron chi connectivity index (χ2n) is 6.31. The molecule has 1 aromatic rings. The lowest BCUT2D eigenvalue weighted by Crippen LogP contribution is -2.34. The molecular weight excluding hydrogens is 272 g/mol. The zero-order valence-corrected chi connectivity index (χ0v) is 12.4. The van der Waals surface area contributed by atoms with Crippen LogP contribution in [0.1, 0.15) is 39.4 Å². The first-order valence-corrected chi connectivity index (χ1v) is 6.95. The van der Waals surface area contributed by atoms with Crippen molar-refractivity contribution < 1.29 is 19.2 Å². The van der Waals surface area contributed by atoms with Gasteiger partial charge in [0.2, 0.25) is 5.91 Å². The molecular formula is C15H20N2O4. The maximum absolute atomic E-state index is 12.3. The van der Waals surface area contributed by atoms with Crippen LogP contribution in [0.5, 0.6) is 0 Å². The number of carboxylic acids is 1. The van der Waals surface area contributed by atoms with E-state index in [0.717, 1.165) is 0 Å². The highest BCUT2D eigenvalue weighted by molar-refractivity contribution is 5.94. The van der Waals surface area contributed by atoms with E-state index in [1.807, 2.05) is 26.8 Å². The second kappa shape index (κ2) is 5.71. The molecule has 0 spiro atoms. The van der Waals surface area contributed by atoms with Crippen molar-refractivity contribution >= 4 is 17.7 Å². The van der Waals surface area contributed by atoms with E-state index in [1.54, 1.807) is 12.1 Å². The molecule has 6 nitrogen and oxygen atoms in total. The molecule has 2 N–H and O–H groups in total. The molecule has 1 heterocycles. The molecule has 0 saturated carbocycles. The normalized spacial score (nSPS) is 22.0. The minimum atomic E-state index is -0.949. The number of carboxylic acid groups (broad SMARTS) is 1. The van der Waals surface area contributed by atoms with Crippen molar-refractivity contribution in [1.82, 2.24) is 5.16 Å². The predicted octanol–water partition coefficient (Wildman–Crippen LogP) is 2.58. The van der Waals surface area contributed by atoms with Crippen LogP contribution in [0.2, 0.25) is 0 Å². The van der Waals surface area contributed by atoms with E-state index in [4.69, 9.17) is 4.52 Å². The Kier molecular flexibility index (Phi) is 4.16. The molecule has 6 heteroatoms. The van der Waals surface area contributed by atoms with Crippen molar-refractivity contribution in [2.45, 2.75) is 39.0 Å². The van der Waals surface area contributed by atoms with Gasteiger partial charge in [0.1, 0.15) is 5.76 Å². The molecule has 0 bridgehead atoms. The van der Waals surface area contributed by atoms with Crippen molar-refractivity contribution in [1.29, 1.82) is 0 Å². The van der Waals surface area contributed by atoms with Crippen LogP contribution in [0.15, 0.2) is 22.7 Å². The van der Waals surface area contributed by atoms with Gasteiger partial charge in [0.15, 0.2) is 5.82 Å². The second-order valence-corrected chi connectivity index (χ2v) is 6.31. The van der Waals surface area contributed by atoms with Gasteiger partial charge in [-0.25, -0.2) is 0 Å². The Morgan fingerprint density at radius 1 is 1.29 bits per heavy atom. The fraction of sp³-hybridized carbons (Fsp3) is 0.533. The van der Waals surface area contributed by atoms with Crippen LogP contribution in [0.25, 0.3) is 0 Å². The lowest BCUT2D eigenvalue weighted by atomic mass is 9.82. The molecule has 21 heavy (non-hydrogen) atoms. The first-order valence-electron chi connectivity index (χ1n) is 6.95. The summed E-state index contributed by atoms with van der Waals surface area (Å²) in [6.07, 6.45) is 4.44. The fourth-order valence-electron chi connectivity index (χ4n) is 2.28. The lowest BCUT2D eigenvalue weighted by molar-refractivity contribution is -0.146. The molecule has 2 atom stereocenters. The Morgan fingerprint density at radius 2 is 1.90 bits per heavy atom. The topological polar surface area (TPSA) is 92.4 Å². The fourth-order valence-corrected chi connectivity index (χ4v) is 2.28. The average Bonchev–Trinajstić information content (AvgIpc) is 2.87. The third-order valence-corrected chi connectivity index (χ3v) is 3.59. The van der Waals surface area contributed by atoms with Gasteiger partial charge in [-0.3, -0.25) is 9.59 Å². The van der Waals surface area contributed by atoms with E-state index < -0.39 is 17.8 Å². The number of aromatic nitrogens is 1. The predicted molar refractivity (Wildman–Crippen MR) is 76.8 cm³/mol. The highest BCUT2D eigenvalue weighted by Gasteiger charge is 2.34. The first-order chi connectivity index (χ1) is 9.79. The Balaban J connectivity index is 2.08. The van der Waals surface area contributed by atoms with E-state index in [9.17, 15) is 14.7 Å². The summed E-state index contributed by atoms with van der Waals surface area (Å²) in [5.41, 5.74) is -0.201. The summed E-state index contributed by atoms with van der Waals surface area (Å²) in [5.74, 6) is -1.57. The monoisotopic (exact) mass is 292 g/mol. The SMILES string of the molecule is CC(C)(C)c1cc(NC(=O)[C@H]2CC=CC[C@H]2C(=O)O)no1. The number of aliphatic carboxylic acids is 1.